The highest BCUT2D eigenvalue weighted by Gasteiger charge is 2.24. The Morgan fingerprint density at radius 2 is 2.13 bits per heavy atom. The van der Waals surface area contributed by atoms with Gasteiger partial charge in [-0.25, -0.2) is 0 Å². The molecule has 0 radical (unpaired) electrons. The number of thioether (sulfide) groups is 1. The normalized spacial score (nSPS) is 17.4. The first-order chi connectivity index (χ1) is 7.33. The number of carbonyl (C=O) groups is 1. The van der Waals surface area contributed by atoms with Crippen molar-refractivity contribution in [2.75, 3.05) is 7.11 Å². The molecule has 2 rings (SSSR count). The van der Waals surface area contributed by atoms with Crippen molar-refractivity contribution in [3.63, 3.8) is 0 Å². The number of Topliss-reactive ketones (excluding diaryl/α,β-unsaturated/α-hetero) is 1. The molecule has 76 valence electrons. The maximum atomic E-state index is 11.8. The van der Waals surface area contributed by atoms with Gasteiger partial charge in [0.25, 0.3) is 0 Å². The van der Waals surface area contributed by atoms with Crippen molar-refractivity contribution in [3.8, 4) is 0 Å². The van der Waals surface area contributed by atoms with Gasteiger partial charge >= 0.3 is 0 Å². The van der Waals surface area contributed by atoms with Crippen LogP contribution in [0.4, 0.5) is 0 Å². The third-order valence-corrected chi connectivity index (χ3v) is 3.15. The molecule has 1 aliphatic heterocycles. The van der Waals surface area contributed by atoms with Crippen LogP contribution in [0.1, 0.15) is 10.4 Å². The summed E-state index contributed by atoms with van der Waals surface area (Å²) in [5, 5.41) is 0. The molecule has 0 atom stereocenters. The van der Waals surface area contributed by atoms with Crippen LogP contribution < -0.4 is 0 Å². The summed E-state index contributed by atoms with van der Waals surface area (Å²) < 4.78 is 4.77. The van der Waals surface area contributed by atoms with Gasteiger partial charge in [-0.3, -0.25) is 4.79 Å². The molecule has 1 aromatic carbocycles. The van der Waals surface area contributed by atoms with Crippen LogP contribution in [0.3, 0.4) is 0 Å². The van der Waals surface area contributed by atoms with Crippen LogP contribution in [0, 0.1) is 0 Å². The fraction of sp³-hybridized carbons (Fsp3) is 0.0833. The summed E-state index contributed by atoms with van der Waals surface area (Å²) in [6.45, 7) is 0. The first-order valence-corrected chi connectivity index (χ1v) is 5.36. The molecular weight excluding hydrogens is 208 g/mol. The standard InChI is InChI=1S/C12H10O2S/c1-14-8-4-7-11-12(13)9-5-2-3-6-10(9)15-11/h2-8H,1H3/b8-4+,11-7+. The minimum atomic E-state index is 0.0938. The lowest BCUT2D eigenvalue weighted by atomic mass is 10.1. The summed E-state index contributed by atoms with van der Waals surface area (Å²) in [6.07, 6.45) is 5.05. The van der Waals surface area contributed by atoms with Crippen LogP contribution >= 0.6 is 11.8 Å². The van der Waals surface area contributed by atoms with E-state index in [0.29, 0.717) is 0 Å². The topological polar surface area (TPSA) is 26.3 Å². The third-order valence-electron chi connectivity index (χ3n) is 2.04. The van der Waals surface area contributed by atoms with Gasteiger partial charge in [0.15, 0.2) is 0 Å². The molecule has 0 saturated heterocycles. The Hall–Kier alpha value is -1.48. The van der Waals surface area contributed by atoms with Crippen LogP contribution in [0.15, 0.2) is 52.5 Å². The highest BCUT2D eigenvalue weighted by atomic mass is 32.2. The first kappa shape index (κ1) is 10.1. The van der Waals surface area contributed by atoms with E-state index in [1.807, 2.05) is 24.3 Å². The number of benzene rings is 1. The average Bonchev–Trinajstić information content (AvgIpc) is 2.57. The molecule has 0 aliphatic carbocycles. The number of methoxy groups -OCH3 is 1. The number of ether oxygens (including phenoxy) is 1. The smallest absolute Gasteiger partial charge is 0.200 e. The predicted molar refractivity (Wildman–Crippen MR) is 60.9 cm³/mol. The molecule has 0 unspecified atom stereocenters. The van der Waals surface area contributed by atoms with Gasteiger partial charge in [0.05, 0.1) is 18.3 Å². The maximum absolute atomic E-state index is 11.8. The predicted octanol–water partition coefficient (Wildman–Crippen LogP) is 3.02. The molecule has 1 aromatic rings. The van der Waals surface area contributed by atoms with Crippen molar-refractivity contribution in [1.82, 2.24) is 0 Å². The summed E-state index contributed by atoms with van der Waals surface area (Å²) in [5.41, 5.74) is 0.791. The van der Waals surface area contributed by atoms with Gasteiger partial charge in [0.2, 0.25) is 5.78 Å². The zero-order valence-electron chi connectivity index (χ0n) is 8.27. The summed E-state index contributed by atoms with van der Waals surface area (Å²) >= 11 is 1.50. The lowest BCUT2D eigenvalue weighted by molar-refractivity contribution is 0.104. The molecule has 15 heavy (non-hydrogen) atoms. The average molecular weight is 218 g/mol. The third kappa shape index (κ3) is 1.97. The van der Waals surface area contributed by atoms with Gasteiger partial charge in [-0.1, -0.05) is 23.9 Å². The molecule has 2 nitrogen and oxygen atoms in total. The fourth-order valence-corrected chi connectivity index (χ4v) is 2.36. The van der Waals surface area contributed by atoms with Crippen molar-refractivity contribution < 1.29 is 9.53 Å². The van der Waals surface area contributed by atoms with Crippen molar-refractivity contribution in [2.24, 2.45) is 0 Å². The van der Waals surface area contributed by atoms with Crippen molar-refractivity contribution in [1.29, 1.82) is 0 Å². The SMILES string of the molecule is CO/C=C/C=C1/Sc2ccccc2C1=O. The molecule has 1 aliphatic rings. The zero-order valence-corrected chi connectivity index (χ0v) is 9.08. The van der Waals surface area contributed by atoms with Crippen molar-refractivity contribution in [3.05, 3.63) is 53.1 Å². The summed E-state index contributed by atoms with van der Waals surface area (Å²) in [7, 11) is 1.58. The quantitative estimate of drug-likeness (QED) is 0.564. The number of rotatable bonds is 2. The molecule has 0 fully saturated rings. The van der Waals surface area contributed by atoms with E-state index in [9.17, 15) is 4.79 Å². The van der Waals surface area contributed by atoms with Crippen LogP contribution in [-0.4, -0.2) is 12.9 Å². The molecule has 3 heteroatoms. The Morgan fingerprint density at radius 3 is 2.87 bits per heavy atom. The van der Waals surface area contributed by atoms with Crippen LogP contribution in [0.2, 0.25) is 0 Å². The second kappa shape index (κ2) is 4.36. The van der Waals surface area contributed by atoms with Crippen LogP contribution in [0.25, 0.3) is 0 Å². The Bertz CT molecular complexity index is 447. The second-order valence-electron chi connectivity index (χ2n) is 3.02. The van der Waals surface area contributed by atoms with E-state index in [1.165, 1.54) is 11.8 Å². The van der Waals surface area contributed by atoms with Gasteiger partial charge in [0, 0.05) is 10.5 Å². The van der Waals surface area contributed by atoms with E-state index in [2.05, 4.69) is 0 Å². The molecule has 1 heterocycles. The van der Waals surface area contributed by atoms with Gasteiger partial charge in [-0.15, -0.1) is 0 Å². The molecular formula is C12H10O2S. The van der Waals surface area contributed by atoms with Gasteiger partial charge in [-0.2, -0.15) is 0 Å². The van der Waals surface area contributed by atoms with Crippen molar-refractivity contribution in [2.45, 2.75) is 4.90 Å². The number of ketones is 1. The summed E-state index contributed by atoms with van der Waals surface area (Å²) in [6, 6.07) is 7.63. The Kier molecular flexibility index (Phi) is 2.92. The Morgan fingerprint density at radius 1 is 1.33 bits per heavy atom. The molecule has 0 saturated carbocycles. The second-order valence-corrected chi connectivity index (χ2v) is 4.11. The molecule has 0 aromatic heterocycles. The van der Waals surface area contributed by atoms with E-state index in [4.69, 9.17) is 4.74 Å². The van der Waals surface area contributed by atoms with Gasteiger partial charge < -0.3 is 4.74 Å². The van der Waals surface area contributed by atoms with Crippen LogP contribution in [-0.2, 0) is 4.74 Å². The molecule has 0 spiro atoms. The van der Waals surface area contributed by atoms with E-state index in [-0.39, 0.29) is 5.78 Å². The maximum Gasteiger partial charge on any atom is 0.200 e. The molecule has 0 N–H and O–H groups in total. The molecule has 0 amide bonds. The lowest BCUT2D eigenvalue weighted by Crippen LogP contribution is -1.92. The number of hydrogen-bond acceptors (Lipinski definition) is 3. The Labute approximate surface area is 92.6 Å². The van der Waals surface area contributed by atoms with E-state index < -0.39 is 0 Å². The van der Waals surface area contributed by atoms with E-state index in [0.717, 1.165) is 15.4 Å². The Balaban J connectivity index is 2.27. The number of carbonyl (C=O) groups excluding carboxylic acids is 1. The van der Waals surface area contributed by atoms with Crippen LogP contribution in [0.5, 0.6) is 0 Å². The summed E-state index contributed by atoms with van der Waals surface area (Å²) in [4.78, 5) is 13.6. The highest BCUT2D eigenvalue weighted by Crippen LogP contribution is 2.39. The minimum Gasteiger partial charge on any atom is -0.504 e. The highest BCUT2D eigenvalue weighted by molar-refractivity contribution is 8.04. The van der Waals surface area contributed by atoms with E-state index >= 15 is 0 Å². The van der Waals surface area contributed by atoms with Gasteiger partial charge in [0.1, 0.15) is 0 Å². The number of allylic oxidation sites excluding steroid dienone is 3. The van der Waals surface area contributed by atoms with E-state index in [1.54, 1.807) is 25.5 Å². The largest absolute Gasteiger partial charge is 0.504 e. The first-order valence-electron chi connectivity index (χ1n) is 4.54. The lowest BCUT2D eigenvalue weighted by Gasteiger charge is -1.90. The fourth-order valence-electron chi connectivity index (χ4n) is 1.36. The monoisotopic (exact) mass is 218 g/mol. The zero-order chi connectivity index (χ0) is 10.7. The number of fused-ring (bicyclic) bond motifs is 1. The number of hydrogen-bond donors (Lipinski definition) is 0. The molecule has 0 bridgehead atoms. The van der Waals surface area contributed by atoms with Gasteiger partial charge in [-0.05, 0) is 24.3 Å². The minimum absolute atomic E-state index is 0.0938. The summed E-state index contributed by atoms with van der Waals surface area (Å²) in [5.74, 6) is 0.0938. The van der Waals surface area contributed by atoms with Crippen molar-refractivity contribution >= 4 is 17.5 Å².